The lowest BCUT2D eigenvalue weighted by atomic mass is 10.1. The highest BCUT2D eigenvalue weighted by Gasteiger charge is 2.32. The van der Waals surface area contributed by atoms with Crippen LogP contribution >= 0.6 is 11.8 Å². The van der Waals surface area contributed by atoms with Crippen molar-refractivity contribution in [3.05, 3.63) is 47.6 Å². The molecule has 3 atom stereocenters. The highest BCUT2D eigenvalue weighted by atomic mass is 32.2. The Balaban J connectivity index is 1.85. The Morgan fingerprint density at radius 2 is 2.15 bits per heavy atom. The van der Waals surface area contributed by atoms with Crippen molar-refractivity contribution < 1.29 is 9.26 Å². The van der Waals surface area contributed by atoms with Gasteiger partial charge in [0.05, 0.1) is 5.92 Å². The van der Waals surface area contributed by atoms with Crippen molar-refractivity contribution >= 4 is 11.8 Å². The van der Waals surface area contributed by atoms with Crippen molar-refractivity contribution in [3.63, 3.8) is 0 Å². The normalized spacial score (nSPS) is 23.9. The molecule has 2 N–H and O–H groups in total. The van der Waals surface area contributed by atoms with Crippen LogP contribution in [0.3, 0.4) is 0 Å². The lowest BCUT2D eigenvalue weighted by Gasteiger charge is -2.11. The molecule has 3 rings (SSSR count). The topological polar surface area (TPSA) is 74.2 Å². The van der Waals surface area contributed by atoms with Gasteiger partial charge in [-0.05, 0) is 5.56 Å². The van der Waals surface area contributed by atoms with Gasteiger partial charge < -0.3 is 15.0 Å². The molecule has 1 fully saturated rings. The molecule has 0 aliphatic carbocycles. The average Bonchev–Trinajstić information content (AvgIpc) is 3.10. The molecule has 0 amide bonds. The van der Waals surface area contributed by atoms with Crippen molar-refractivity contribution in [2.45, 2.75) is 18.1 Å². The first-order chi connectivity index (χ1) is 9.79. The van der Waals surface area contributed by atoms with Gasteiger partial charge in [0.15, 0.2) is 0 Å². The second-order valence-corrected chi connectivity index (χ2v) is 5.90. The third kappa shape index (κ3) is 2.59. The van der Waals surface area contributed by atoms with E-state index in [9.17, 15) is 0 Å². The molecule has 1 aromatic heterocycles. The highest BCUT2D eigenvalue weighted by Crippen LogP contribution is 2.32. The largest absolute Gasteiger partial charge is 0.369 e. The number of hydrogen-bond donors (Lipinski definition) is 1. The Morgan fingerprint density at radius 1 is 1.35 bits per heavy atom. The van der Waals surface area contributed by atoms with E-state index in [1.54, 1.807) is 7.11 Å². The van der Waals surface area contributed by atoms with Gasteiger partial charge in [0.25, 0.3) is 0 Å². The molecular weight excluding hydrogens is 274 g/mol. The van der Waals surface area contributed by atoms with Crippen LogP contribution in [0.4, 0.5) is 0 Å². The summed E-state index contributed by atoms with van der Waals surface area (Å²) in [5, 5.41) is 4.07. The summed E-state index contributed by atoms with van der Waals surface area (Å²) in [6, 6.07) is 9.96. The maximum Gasteiger partial charge on any atom is 0.232 e. The monoisotopic (exact) mass is 291 g/mol. The zero-order valence-electron chi connectivity index (χ0n) is 11.2. The van der Waals surface area contributed by atoms with Gasteiger partial charge in [-0.25, -0.2) is 0 Å². The number of nitrogens with zero attached hydrogens (tertiary/aromatic N) is 2. The Bertz CT molecular complexity index is 561. The van der Waals surface area contributed by atoms with Crippen molar-refractivity contribution in [1.29, 1.82) is 0 Å². The van der Waals surface area contributed by atoms with Crippen LogP contribution in [0.25, 0.3) is 0 Å². The number of hydrogen-bond acceptors (Lipinski definition) is 6. The van der Waals surface area contributed by atoms with E-state index in [0.717, 1.165) is 17.1 Å². The van der Waals surface area contributed by atoms with Gasteiger partial charge in [-0.1, -0.05) is 35.5 Å². The standard InChI is InChI=1S/C14H17N3O2S/c1-18-12(9-5-3-2-4-6-9)13-16-14(19-17-13)10-7-20-8-11(10)15/h2-6,10-12H,7-8,15H2,1H3. The second kappa shape index (κ2) is 5.95. The van der Waals surface area contributed by atoms with E-state index < -0.39 is 0 Å². The molecule has 0 radical (unpaired) electrons. The predicted molar refractivity (Wildman–Crippen MR) is 77.6 cm³/mol. The van der Waals surface area contributed by atoms with Gasteiger partial charge in [0.1, 0.15) is 6.10 Å². The summed E-state index contributed by atoms with van der Waals surface area (Å²) in [6.07, 6.45) is -0.306. The molecule has 1 aliphatic rings. The number of aromatic nitrogens is 2. The Labute approximate surface area is 121 Å². The number of ether oxygens (including phenoxy) is 1. The first-order valence-corrected chi connectivity index (χ1v) is 7.69. The first-order valence-electron chi connectivity index (χ1n) is 6.54. The molecule has 0 spiro atoms. The van der Waals surface area contributed by atoms with Gasteiger partial charge in [-0.3, -0.25) is 0 Å². The van der Waals surface area contributed by atoms with Crippen LogP contribution in [0.5, 0.6) is 0 Å². The molecule has 0 saturated carbocycles. The van der Waals surface area contributed by atoms with E-state index in [1.165, 1.54) is 0 Å². The number of benzene rings is 1. The maximum atomic E-state index is 6.06. The number of rotatable bonds is 4. The average molecular weight is 291 g/mol. The molecule has 1 aromatic carbocycles. The first kappa shape index (κ1) is 13.6. The second-order valence-electron chi connectivity index (χ2n) is 4.83. The van der Waals surface area contributed by atoms with Gasteiger partial charge in [0.2, 0.25) is 11.7 Å². The summed E-state index contributed by atoms with van der Waals surface area (Å²) in [6.45, 7) is 0. The van der Waals surface area contributed by atoms with Crippen molar-refractivity contribution in [2.75, 3.05) is 18.6 Å². The molecule has 2 aromatic rings. The number of thioether (sulfide) groups is 1. The summed E-state index contributed by atoms with van der Waals surface area (Å²) < 4.78 is 10.9. The maximum absolute atomic E-state index is 6.06. The Kier molecular flexibility index (Phi) is 4.05. The lowest BCUT2D eigenvalue weighted by molar-refractivity contribution is 0.126. The summed E-state index contributed by atoms with van der Waals surface area (Å²) in [5.74, 6) is 3.20. The van der Waals surface area contributed by atoms with Crippen LogP contribution in [0, 0.1) is 0 Å². The zero-order chi connectivity index (χ0) is 13.9. The van der Waals surface area contributed by atoms with Crippen LogP contribution in [-0.4, -0.2) is 34.8 Å². The van der Waals surface area contributed by atoms with E-state index in [4.69, 9.17) is 15.0 Å². The molecule has 5 nitrogen and oxygen atoms in total. The minimum Gasteiger partial charge on any atom is -0.369 e. The molecule has 1 saturated heterocycles. The molecule has 106 valence electrons. The molecule has 6 heteroatoms. The van der Waals surface area contributed by atoms with E-state index >= 15 is 0 Å². The van der Waals surface area contributed by atoms with Crippen molar-refractivity contribution in [3.8, 4) is 0 Å². The van der Waals surface area contributed by atoms with Crippen LogP contribution in [-0.2, 0) is 4.74 Å². The molecule has 20 heavy (non-hydrogen) atoms. The van der Waals surface area contributed by atoms with E-state index in [2.05, 4.69) is 10.1 Å². The van der Waals surface area contributed by atoms with Crippen LogP contribution in [0.2, 0.25) is 0 Å². The zero-order valence-corrected chi connectivity index (χ0v) is 12.0. The van der Waals surface area contributed by atoms with Gasteiger partial charge >= 0.3 is 0 Å². The fraction of sp³-hybridized carbons (Fsp3) is 0.429. The molecular formula is C14H17N3O2S. The van der Waals surface area contributed by atoms with E-state index in [-0.39, 0.29) is 18.1 Å². The molecule has 2 heterocycles. The highest BCUT2D eigenvalue weighted by molar-refractivity contribution is 7.99. The van der Waals surface area contributed by atoms with Crippen molar-refractivity contribution in [2.24, 2.45) is 5.73 Å². The fourth-order valence-electron chi connectivity index (χ4n) is 2.35. The lowest BCUT2D eigenvalue weighted by Crippen LogP contribution is -2.26. The predicted octanol–water partition coefficient (Wildman–Crippen LogP) is 1.96. The summed E-state index contributed by atoms with van der Waals surface area (Å²) >= 11 is 1.82. The SMILES string of the molecule is COC(c1ccccc1)c1noc(C2CSCC2N)n1. The van der Waals surface area contributed by atoms with Gasteiger partial charge in [-0.15, -0.1) is 0 Å². The van der Waals surface area contributed by atoms with Crippen LogP contribution < -0.4 is 5.73 Å². The summed E-state index contributed by atoms with van der Waals surface area (Å²) in [5.41, 5.74) is 7.07. The third-order valence-electron chi connectivity index (χ3n) is 3.47. The summed E-state index contributed by atoms with van der Waals surface area (Å²) in [7, 11) is 1.64. The molecule has 1 aliphatic heterocycles. The summed E-state index contributed by atoms with van der Waals surface area (Å²) in [4.78, 5) is 4.49. The Morgan fingerprint density at radius 3 is 2.80 bits per heavy atom. The minimum absolute atomic E-state index is 0.0889. The smallest absolute Gasteiger partial charge is 0.232 e. The minimum atomic E-state index is -0.306. The van der Waals surface area contributed by atoms with Gasteiger partial charge in [-0.2, -0.15) is 16.7 Å². The van der Waals surface area contributed by atoms with E-state index in [1.807, 2.05) is 42.1 Å². The fourth-order valence-corrected chi connectivity index (χ4v) is 3.63. The third-order valence-corrected chi connectivity index (χ3v) is 4.69. The van der Waals surface area contributed by atoms with Crippen LogP contribution in [0.15, 0.2) is 34.9 Å². The Hall–Kier alpha value is -1.37. The number of methoxy groups -OCH3 is 1. The van der Waals surface area contributed by atoms with Crippen LogP contribution in [0.1, 0.15) is 29.3 Å². The number of nitrogens with two attached hydrogens (primary N) is 1. The van der Waals surface area contributed by atoms with Gasteiger partial charge in [0, 0.05) is 24.7 Å². The van der Waals surface area contributed by atoms with Crippen molar-refractivity contribution in [1.82, 2.24) is 10.1 Å². The quantitative estimate of drug-likeness (QED) is 0.928. The van der Waals surface area contributed by atoms with E-state index in [0.29, 0.717) is 11.7 Å². The molecule has 0 bridgehead atoms. The molecule has 3 unspecified atom stereocenters.